The zero-order chi connectivity index (χ0) is 16.2. The maximum Gasteiger partial charge on any atom is 0.416 e. The first kappa shape index (κ1) is 17.2. The summed E-state index contributed by atoms with van der Waals surface area (Å²) in [6, 6.07) is 5.93. The molecule has 1 saturated heterocycles. The zero-order valence-electron chi connectivity index (χ0n) is 12.8. The Morgan fingerprint density at radius 1 is 1.23 bits per heavy atom. The number of hydrogen-bond acceptors (Lipinski definition) is 3. The summed E-state index contributed by atoms with van der Waals surface area (Å²) in [5.41, 5.74) is -0.298. The number of aliphatic hydroxyl groups is 1. The molecule has 1 aliphatic heterocycles. The van der Waals surface area contributed by atoms with Crippen LogP contribution in [0.3, 0.4) is 0 Å². The molecule has 2 rings (SSSR count). The number of alkyl halides is 3. The van der Waals surface area contributed by atoms with E-state index in [4.69, 9.17) is 0 Å². The fourth-order valence-electron chi connectivity index (χ4n) is 3.03. The molecule has 3 nitrogen and oxygen atoms in total. The van der Waals surface area contributed by atoms with Gasteiger partial charge in [0.15, 0.2) is 0 Å². The normalized spacial score (nSPS) is 18.1. The standard InChI is InChI=1S/C16H23F3N2O/c1-20-8-6-14(7-9-20)21(10-11-22)12-13-4-2-3-5-15(13)16(17,18)19/h2-5,14,22H,6-12H2,1H3. The highest BCUT2D eigenvalue weighted by molar-refractivity contribution is 5.29. The molecule has 1 heterocycles. The molecule has 0 bridgehead atoms. The lowest BCUT2D eigenvalue weighted by atomic mass is 10.0. The van der Waals surface area contributed by atoms with Crippen molar-refractivity contribution in [2.24, 2.45) is 0 Å². The molecule has 6 heteroatoms. The molecule has 22 heavy (non-hydrogen) atoms. The molecule has 0 atom stereocenters. The van der Waals surface area contributed by atoms with Gasteiger partial charge in [-0.15, -0.1) is 0 Å². The van der Waals surface area contributed by atoms with Crippen LogP contribution in [-0.2, 0) is 12.7 Å². The Morgan fingerprint density at radius 3 is 2.45 bits per heavy atom. The Balaban J connectivity index is 2.14. The summed E-state index contributed by atoms with van der Waals surface area (Å²) in [5.74, 6) is 0. The molecule has 1 N–H and O–H groups in total. The van der Waals surface area contributed by atoms with Crippen molar-refractivity contribution in [1.82, 2.24) is 9.80 Å². The summed E-state index contributed by atoms with van der Waals surface area (Å²) in [4.78, 5) is 4.20. The monoisotopic (exact) mass is 316 g/mol. The summed E-state index contributed by atoms with van der Waals surface area (Å²) < 4.78 is 39.3. The van der Waals surface area contributed by atoms with Crippen LogP contribution in [0.25, 0.3) is 0 Å². The number of benzene rings is 1. The zero-order valence-corrected chi connectivity index (χ0v) is 12.8. The minimum atomic E-state index is -4.34. The molecule has 0 radical (unpaired) electrons. The van der Waals surface area contributed by atoms with Crippen LogP contribution >= 0.6 is 0 Å². The molecule has 0 aromatic heterocycles. The molecule has 1 fully saturated rings. The van der Waals surface area contributed by atoms with Crippen molar-refractivity contribution in [2.45, 2.75) is 31.6 Å². The quantitative estimate of drug-likeness (QED) is 0.904. The first-order valence-electron chi connectivity index (χ1n) is 7.60. The maximum absolute atomic E-state index is 13.1. The average Bonchev–Trinajstić information content (AvgIpc) is 2.47. The number of rotatable bonds is 5. The fourth-order valence-corrected chi connectivity index (χ4v) is 3.03. The predicted octanol–water partition coefficient (Wildman–Crippen LogP) is 2.59. The second-order valence-electron chi connectivity index (χ2n) is 5.88. The third-order valence-corrected chi connectivity index (χ3v) is 4.29. The Hall–Kier alpha value is -1.11. The molecule has 0 unspecified atom stereocenters. The van der Waals surface area contributed by atoms with E-state index in [9.17, 15) is 18.3 Å². The van der Waals surface area contributed by atoms with Gasteiger partial charge in [-0.1, -0.05) is 18.2 Å². The number of likely N-dealkylation sites (tertiary alicyclic amines) is 1. The van der Waals surface area contributed by atoms with E-state index in [0.717, 1.165) is 32.0 Å². The van der Waals surface area contributed by atoms with Crippen molar-refractivity contribution >= 4 is 0 Å². The van der Waals surface area contributed by atoms with E-state index in [1.54, 1.807) is 6.07 Å². The van der Waals surface area contributed by atoms with Crippen LogP contribution in [0, 0.1) is 0 Å². The maximum atomic E-state index is 13.1. The Labute approximate surface area is 129 Å². The second kappa shape index (κ2) is 7.44. The summed E-state index contributed by atoms with van der Waals surface area (Å²) >= 11 is 0. The molecular weight excluding hydrogens is 293 g/mol. The molecule has 1 aromatic carbocycles. The van der Waals surface area contributed by atoms with Crippen molar-refractivity contribution in [3.8, 4) is 0 Å². The highest BCUT2D eigenvalue weighted by atomic mass is 19.4. The van der Waals surface area contributed by atoms with Crippen LogP contribution < -0.4 is 0 Å². The van der Waals surface area contributed by atoms with E-state index < -0.39 is 11.7 Å². The molecule has 0 amide bonds. The molecular formula is C16H23F3N2O. The summed E-state index contributed by atoms with van der Waals surface area (Å²) in [7, 11) is 2.05. The van der Waals surface area contributed by atoms with E-state index >= 15 is 0 Å². The van der Waals surface area contributed by atoms with Gasteiger partial charge in [0.1, 0.15) is 0 Å². The molecule has 1 aliphatic rings. The largest absolute Gasteiger partial charge is 0.416 e. The summed E-state index contributed by atoms with van der Waals surface area (Å²) in [6.07, 6.45) is -2.50. The van der Waals surface area contributed by atoms with Crippen molar-refractivity contribution in [1.29, 1.82) is 0 Å². The van der Waals surface area contributed by atoms with Gasteiger partial charge in [-0.25, -0.2) is 0 Å². The van der Waals surface area contributed by atoms with E-state index in [0.29, 0.717) is 6.54 Å². The number of aliphatic hydroxyl groups excluding tert-OH is 1. The van der Waals surface area contributed by atoms with Crippen LogP contribution in [0.1, 0.15) is 24.0 Å². The Bertz CT molecular complexity index is 471. The van der Waals surface area contributed by atoms with Crippen molar-refractivity contribution in [3.63, 3.8) is 0 Å². The van der Waals surface area contributed by atoms with Gasteiger partial charge in [-0.2, -0.15) is 13.2 Å². The minimum Gasteiger partial charge on any atom is -0.395 e. The van der Waals surface area contributed by atoms with Crippen LogP contribution in [0.15, 0.2) is 24.3 Å². The fraction of sp³-hybridized carbons (Fsp3) is 0.625. The first-order chi connectivity index (χ1) is 10.4. The lowest BCUT2D eigenvalue weighted by Gasteiger charge is -2.37. The van der Waals surface area contributed by atoms with Crippen LogP contribution in [0.2, 0.25) is 0 Å². The van der Waals surface area contributed by atoms with Crippen molar-refractivity contribution < 1.29 is 18.3 Å². The predicted molar refractivity (Wildman–Crippen MR) is 79.5 cm³/mol. The second-order valence-corrected chi connectivity index (χ2v) is 5.88. The number of halogens is 3. The van der Waals surface area contributed by atoms with Gasteiger partial charge >= 0.3 is 6.18 Å². The number of piperidine rings is 1. The SMILES string of the molecule is CN1CCC(N(CCO)Cc2ccccc2C(F)(F)F)CC1. The lowest BCUT2D eigenvalue weighted by Crippen LogP contribution is -2.44. The lowest BCUT2D eigenvalue weighted by molar-refractivity contribution is -0.138. The summed E-state index contributed by atoms with van der Waals surface area (Å²) in [6.45, 7) is 2.47. The summed E-state index contributed by atoms with van der Waals surface area (Å²) in [5, 5.41) is 9.25. The van der Waals surface area contributed by atoms with Crippen molar-refractivity contribution in [3.05, 3.63) is 35.4 Å². The Kier molecular flexibility index (Phi) is 5.83. The van der Waals surface area contributed by atoms with Gasteiger partial charge in [0.25, 0.3) is 0 Å². The van der Waals surface area contributed by atoms with Crippen molar-refractivity contribution in [2.75, 3.05) is 33.3 Å². The van der Waals surface area contributed by atoms with Gasteiger partial charge in [-0.05, 0) is 44.6 Å². The third-order valence-electron chi connectivity index (χ3n) is 4.29. The van der Waals surface area contributed by atoms with E-state index in [2.05, 4.69) is 4.90 Å². The van der Waals surface area contributed by atoms with Gasteiger partial charge in [0, 0.05) is 19.1 Å². The van der Waals surface area contributed by atoms with Gasteiger partial charge in [-0.3, -0.25) is 4.90 Å². The van der Waals surface area contributed by atoms with E-state index in [1.807, 2.05) is 11.9 Å². The highest BCUT2D eigenvalue weighted by Crippen LogP contribution is 2.33. The van der Waals surface area contributed by atoms with Crippen LogP contribution in [0.4, 0.5) is 13.2 Å². The highest BCUT2D eigenvalue weighted by Gasteiger charge is 2.34. The Morgan fingerprint density at radius 2 is 1.86 bits per heavy atom. The molecule has 0 saturated carbocycles. The van der Waals surface area contributed by atoms with Crippen LogP contribution in [0.5, 0.6) is 0 Å². The molecule has 0 aliphatic carbocycles. The number of nitrogens with zero attached hydrogens (tertiary/aromatic N) is 2. The average molecular weight is 316 g/mol. The number of hydrogen-bond donors (Lipinski definition) is 1. The first-order valence-corrected chi connectivity index (χ1v) is 7.60. The van der Waals surface area contributed by atoms with E-state index in [1.165, 1.54) is 12.1 Å². The van der Waals surface area contributed by atoms with Gasteiger partial charge in [0.2, 0.25) is 0 Å². The van der Waals surface area contributed by atoms with Gasteiger partial charge < -0.3 is 10.0 Å². The smallest absolute Gasteiger partial charge is 0.395 e. The third kappa shape index (κ3) is 4.44. The molecule has 0 spiro atoms. The minimum absolute atomic E-state index is 0.0411. The van der Waals surface area contributed by atoms with E-state index in [-0.39, 0.29) is 24.8 Å². The molecule has 1 aromatic rings. The van der Waals surface area contributed by atoms with Crippen LogP contribution in [-0.4, -0.2) is 54.2 Å². The molecule has 124 valence electrons. The topological polar surface area (TPSA) is 26.7 Å². The van der Waals surface area contributed by atoms with Gasteiger partial charge in [0.05, 0.1) is 12.2 Å².